The van der Waals surface area contributed by atoms with Gasteiger partial charge in [-0.25, -0.2) is 4.39 Å². The summed E-state index contributed by atoms with van der Waals surface area (Å²) in [6, 6.07) is 5.54. The molecule has 0 spiro atoms. The van der Waals surface area contributed by atoms with Crippen LogP contribution in [0.1, 0.15) is 17.0 Å². The van der Waals surface area contributed by atoms with Crippen molar-refractivity contribution in [3.05, 3.63) is 57.1 Å². The number of nitrogens with zero attached hydrogens (tertiary/aromatic N) is 2. The molecule has 0 saturated carbocycles. The van der Waals surface area contributed by atoms with E-state index in [1.165, 1.54) is 12.1 Å². The Bertz CT molecular complexity index is 665. The fourth-order valence-corrected chi connectivity index (χ4v) is 2.11. The Balaban J connectivity index is 2.23. The largest absolute Gasteiger partial charge is 0.375 e. The third-order valence-electron chi connectivity index (χ3n) is 3.51. The molecule has 1 heterocycles. The summed E-state index contributed by atoms with van der Waals surface area (Å²) in [5, 5.41) is 13.9. The maximum Gasteiger partial charge on any atom is 0.295 e. The number of anilines is 1. The lowest BCUT2D eigenvalue weighted by Gasteiger charge is -2.07. The summed E-state index contributed by atoms with van der Waals surface area (Å²) in [5.74, 6) is -0.617. The molecule has 0 atom stereocenters. The predicted octanol–water partition coefficient (Wildman–Crippen LogP) is 3.30. The number of hydrogen-bond acceptors (Lipinski definition) is 3. The quantitative estimate of drug-likeness (QED) is 0.689. The smallest absolute Gasteiger partial charge is 0.295 e. The Morgan fingerprint density at radius 2 is 2.05 bits per heavy atom. The number of aryl methyl sites for hydroxylation is 1. The summed E-state index contributed by atoms with van der Waals surface area (Å²) < 4.78 is 15.1. The lowest BCUT2D eigenvalue weighted by Crippen LogP contribution is -2.04. The van der Waals surface area contributed by atoms with Crippen LogP contribution < -0.4 is 5.32 Å². The molecule has 0 bridgehead atoms. The SMILES string of the molecule is Cc1cc(CNc2ccc(F)cc2[N+](=O)[O-])c(C)n1C. The van der Waals surface area contributed by atoms with Gasteiger partial charge in [-0.3, -0.25) is 10.1 Å². The van der Waals surface area contributed by atoms with Gasteiger partial charge in [0.25, 0.3) is 5.69 Å². The highest BCUT2D eigenvalue weighted by Gasteiger charge is 2.15. The number of halogens is 1. The van der Waals surface area contributed by atoms with Crippen molar-refractivity contribution in [2.24, 2.45) is 7.05 Å². The molecule has 2 rings (SSSR count). The van der Waals surface area contributed by atoms with Crippen LogP contribution in [0.15, 0.2) is 24.3 Å². The number of benzene rings is 1. The molecule has 106 valence electrons. The van der Waals surface area contributed by atoms with Crippen LogP contribution in [0.2, 0.25) is 0 Å². The predicted molar refractivity (Wildman–Crippen MR) is 75.3 cm³/mol. The van der Waals surface area contributed by atoms with E-state index in [0.717, 1.165) is 23.0 Å². The van der Waals surface area contributed by atoms with Crippen LogP contribution >= 0.6 is 0 Å². The highest BCUT2D eigenvalue weighted by atomic mass is 19.1. The Morgan fingerprint density at radius 3 is 2.60 bits per heavy atom. The van der Waals surface area contributed by atoms with Crippen LogP contribution in [0.25, 0.3) is 0 Å². The monoisotopic (exact) mass is 277 g/mol. The molecule has 1 aromatic carbocycles. The van der Waals surface area contributed by atoms with Gasteiger partial charge in [-0.2, -0.15) is 0 Å². The summed E-state index contributed by atoms with van der Waals surface area (Å²) in [6.07, 6.45) is 0. The molecule has 0 fully saturated rings. The molecule has 0 aliphatic heterocycles. The molecule has 0 unspecified atom stereocenters. The fraction of sp³-hybridized carbons (Fsp3) is 0.286. The van der Waals surface area contributed by atoms with Gasteiger partial charge in [0.1, 0.15) is 11.5 Å². The van der Waals surface area contributed by atoms with Gasteiger partial charge >= 0.3 is 0 Å². The number of hydrogen-bond donors (Lipinski definition) is 1. The van der Waals surface area contributed by atoms with Crippen molar-refractivity contribution >= 4 is 11.4 Å². The van der Waals surface area contributed by atoms with Gasteiger partial charge in [0.15, 0.2) is 0 Å². The topological polar surface area (TPSA) is 60.1 Å². The van der Waals surface area contributed by atoms with E-state index >= 15 is 0 Å². The van der Waals surface area contributed by atoms with E-state index in [1.54, 1.807) is 0 Å². The molecular formula is C14H16FN3O2. The summed E-state index contributed by atoms with van der Waals surface area (Å²) in [6.45, 7) is 4.44. The van der Waals surface area contributed by atoms with E-state index < -0.39 is 10.7 Å². The van der Waals surface area contributed by atoms with Crippen LogP contribution in [-0.4, -0.2) is 9.49 Å². The first kappa shape index (κ1) is 14.0. The normalized spacial score (nSPS) is 10.6. The van der Waals surface area contributed by atoms with Gasteiger partial charge in [-0.05, 0) is 37.6 Å². The van der Waals surface area contributed by atoms with Crippen LogP contribution in [0, 0.1) is 29.8 Å². The number of nitro benzene ring substituents is 1. The first-order valence-corrected chi connectivity index (χ1v) is 6.19. The third-order valence-corrected chi connectivity index (χ3v) is 3.51. The fourth-order valence-electron chi connectivity index (χ4n) is 2.11. The first-order valence-electron chi connectivity index (χ1n) is 6.19. The lowest BCUT2D eigenvalue weighted by molar-refractivity contribution is -0.384. The summed E-state index contributed by atoms with van der Waals surface area (Å²) in [4.78, 5) is 10.3. The zero-order valence-corrected chi connectivity index (χ0v) is 11.6. The molecule has 1 N–H and O–H groups in total. The second-order valence-corrected chi connectivity index (χ2v) is 4.73. The van der Waals surface area contributed by atoms with E-state index in [4.69, 9.17) is 0 Å². The third kappa shape index (κ3) is 2.64. The highest BCUT2D eigenvalue weighted by molar-refractivity contribution is 5.61. The van der Waals surface area contributed by atoms with Gasteiger partial charge in [0.2, 0.25) is 0 Å². The zero-order chi connectivity index (χ0) is 14.9. The standard InChI is InChI=1S/C14H16FN3O2/c1-9-6-11(10(2)17(9)3)8-16-13-5-4-12(15)7-14(13)18(19)20/h4-7,16H,8H2,1-3H3. The van der Waals surface area contributed by atoms with E-state index in [0.29, 0.717) is 12.2 Å². The van der Waals surface area contributed by atoms with E-state index in [9.17, 15) is 14.5 Å². The van der Waals surface area contributed by atoms with E-state index in [2.05, 4.69) is 9.88 Å². The van der Waals surface area contributed by atoms with Crippen LogP contribution in [0.3, 0.4) is 0 Å². The Morgan fingerprint density at radius 1 is 1.35 bits per heavy atom. The average Bonchev–Trinajstić information content (AvgIpc) is 2.64. The van der Waals surface area contributed by atoms with E-state index in [1.807, 2.05) is 27.0 Å². The molecule has 5 nitrogen and oxygen atoms in total. The van der Waals surface area contributed by atoms with Crippen molar-refractivity contribution < 1.29 is 9.31 Å². The molecule has 0 aliphatic carbocycles. The van der Waals surface area contributed by atoms with Crippen molar-refractivity contribution in [3.8, 4) is 0 Å². The van der Waals surface area contributed by atoms with Gasteiger partial charge < -0.3 is 9.88 Å². The summed E-state index contributed by atoms with van der Waals surface area (Å²) in [7, 11) is 1.97. The lowest BCUT2D eigenvalue weighted by atomic mass is 10.2. The van der Waals surface area contributed by atoms with E-state index in [-0.39, 0.29) is 5.69 Å². The molecule has 0 amide bonds. The van der Waals surface area contributed by atoms with Crippen LogP contribution in [0.4, 0.5) is 15.8 Å². The van der Waals surface area contributed by atoms with Crippen molar-refractivity contribution in [2.75, 3.05) is 5.32 Å². The maximum atomic E-state index is 13.1. The summed E-state index contributed by atoms with van der Waals surface area (Å²) >= 11 is 0. The van der Waals surface area contributed by atoms with Gasteiger partial charge in [-0.1, -0.05) is 0 Å². The molecular weight excluding hydrogens is 261 g/mol. The molecule has 0 aliphatic rings. The minimum atomic E-state index is -0.617. The van der Waals surface area contributed by atoms with Crippen molar-refractivity contribution in [1.29, 1.82) is 0 Å². The van der Waals surface area contributed by atoms with Crippen LogP contribution in [-0.2, 0) is 13.6 Å². The number of rotatable bonds is 4. The molecule has 0 saturated heterocycles. The molecule has 6 heteroatoms. The van der Waals surface area contributed by atoms with Crippen molar-refractivity contribution in [1.82, 2.24) is 4.57 Å². The first-order chi connectivity index (χ1) is 9.40. The Kier molecular flexibility index (Phi) is 3.74. The van der Waals surface area contributed by atoms with Gasteiger partial charge in [0.05, 0.1) is 11.0 Å². The Labute approximate surface area is 116 Å². The van der Waals surface area contributed by atoms with Gasteiger partial charge in [-0.15, -0.1) is 0 Å². The molecule has 0 radical (unpaired) electrons. The highest BCUT2D eigenvalue weighted by Crippen LogP contribution is 2.26. The van der Waals surface area contributed by atoms with Crippen molar-refractivity contribution in [2.45, 2.75) is 20.4 Å². The maximum absolute atomic E-state index is 13.1. The second kappa shape index (κ2) is 5.32. The number of nitro groups is 1. The molecule has 2 aromatic rings. The molecule has 20 heavy (non-hydrogen) atoms. The van der Waals surface area contributed by atoms with Crippen LogP contribution in [0.5, 0.6) is 0 Å². The Hall–Kier alpha value is -2.37. The van der Waals surface area contributed by atoms with Gasteiger partial charge in [0, 0.05) is 25.0 Å². The summed E-state index contributed by atoms with van der Waals surface area (Å²) in [5.41, 5.74) is 3.34. The number of aromatic nitrogens is 1. The zero-order valence-electron chi connectivity index (χ0n) is 11.6. The molecule has 1 aromatic heterocycles. The minimum absolute atomic E-state index is 0.254. The number of nitrogens with one attached hydrogen (secondary N) is 1. The van der Waals surface area contributed by atoms with Crippen molar-refractivity contribution in [3.63, 3.8) is 0 Å². The minimum Gasteiger partial charge on any atom is -0.375 e. The second-order valence-electron chi connectivity index (χ2n) is 4.73. The average molecular weight is 277 g/mol.